The molecule has 0 N–H and O–H groups in total. The minimum atomic E-state index is 0.0391. The molecule has 4 rings (SSSR count). The highest BCUT2D eigenvalue weighted by Crippen LogP contribution is 2.39. The van der Waals surface area contributed by atoms with Crippen LogP contribution in [0.1, 0.15) is 23.6 Å². The van der Waals surface area contributed by atoms with E-state index in [1.165, 1.54) is 0 Å². The molecule has 33 heavy (non-hydrogen) atoms. The third-order valence-electron chi connectivity index (χ3n) is 5.62. The van der Waals surface area contributed by atoms with E-state index in [4.69, 9.17) is 24.0 Å². The lowest BCUT2D eigenvalue weighted by molar-refractivity contribution is 0.354. The lowest BCUT2D eigenvalue weighted by Gasteiger charge is -2.24. The molecule has 0 amide bonds. The van der Waals surface area contributed by atoms with Crippen molar-refractivity contribution in [1.29, 1.82) is 0 Å². The molecule has 0 saturated heterocycles. The van der Waals surface area contributed by atoms with Crippen LogP contribution in [0.3, 0.4) is 0 Å². The minimum Gasteiger partial charge on any atom is -0.493 e. The molecule has 0 fully saturated rings. The first kappa shape index (κ1) is 22.3. The predicted molar refractivity (Wildman–Crippen MR) is 132 cm³/mol. The normalized spacial score (nSPS) is 15.5. The molecule has 1 aliphatic heterocycles. The van der Waals surface area contributed by atoms with Crippen molar-refractivity contribution in [2.75, 3.05) is 33.4 Å². The Morgan fingerprint density at radius 3 is 2.03 bits per heavy atom. The Morgan fingerprint density at radius 2 is 1.36 bits per heavy atom. The van der Waals surface area contributed by atoms with E-state index in [0.717, 1.165) is 28.9 Å². The van der Waals surface area contributed by atoms with Gasteiger partial charge in [0.05, 0.1) is 45.9 Å². The summed E-state index contributed by atoms with van der Waals surface area (Å²) in [6, 6.07) is 22.1. The third kappa shape index (κ3) is 4.80. The highest BCUT2D eigenvalue weighted by molar-refractivity contribution is 6.01. The maximum absolute atomic E-state index is 5.53. The number of rotatable bonds is 8. The monoisotopic (exact) mass is 444 g/mol. The first-order valence-electron chi connectivity index (χ1n) is 10.7. The number of hydrazone groups is 1. The lowest BCUT2D eigenvalue weighted by atomic mass is 10.00. The van der Waals surface area contributed by atoms with Crippen molar-refractivity contribution in [3.8, 4) is 23.0 Å². The molecule has 1 atom stereocenters. The van der Waals surface area contributed by atoms with Crippen LogP contribution in [0.15, 0.2) is 77.9 Å². The maximum Gasteiger partial charge on any atom is 0.161 e. The van der Waals surface area contributed by atoms with Gasteiger partial charge in [-0.1, -0.05) is 36.4 Å². The van der Waals surface area contributed by atoms with Crippen molar-refractivity contribution in [3.05, 3.63) is 83.9 Å². The zero-order valence-corrected chi connectivity index (χ0v) is 19.3. The average Bonchev–Trinajstić information content (AvgIpc) is 3.31. The Balaban J connectivity index is 1.65. The van der Waals surface area contributed by atoms with Gasteiger partial charge in [-0.25, -0.2) is 0 Å². The zero-order chi connectivity index (χ0) is 23.2. The van der Waals surface area contributed by atoms with Crippen molar-refractivity contribution in [1.82, 2.24) is 0 Å². The summed E-state index contributed by atoms with van der Waals surface area (Å²) in [5.41, 5.74) is 4.13. The van der Waals surface area contributed by atoms with E-state index >= 15 is 0 Å². The molecule has 0 radical (unpaired) electrons. The van der Waals surface area contributed by atoms with Gasteiger partial charge in [0.1, 0.15) is 0 Å². The Bertz CT molecular complexity index is 1160. The van der Waals surface area contributed by atoms with E-state index < -0.39 is 0 Å². The van der Waals surface area contributed by atoms with Crippen LogP contribution >= 0.6 is 0 Å². The minimum absolute atomic E-state index is 0.0391. The van der Waals surface area contributed by atoms with Crippen LogP contribution < -0.4 is 24.0 Å². The number of benzene rings is 3. The average molecular weight is 445 g/mol. The summed E-state index contributed by atoms with van der Waals surface area (Å²) >= 11 is 0. The summed E-state index contributed by atoms with van der Waals surface area (Å²) in [5.74, 6) is 2.82. The number of hydrogen-bond donors (Lipinski definition) is 0. The summed E-state index contributed by atoms with van der Waals surface area (Å²) in [6.45, 7) is 0. The molecule has 0 spiro atoms. The van der Waals surface area contributed by atoms with Crippen molar-refractivity contribution >= 4 is 17.5 Å². The second-order valence-corrected chi connectivity index (χ2v) is 7.55. The second kappa shape index (κ2) is 10.1. The van der Waals surface area contributed by atoms with Crippen LogP contribution in [0.5, 0.6) is 23.0 Å². The van der Waals surface area contributed by atoms with Crippen LogP contribution in [0.4, 0.5) is 5.69 Å². The van der Waals surface area contributed by atoms with Crippen LogP contribution in [-0.2, 0) is 0 Å². The highest BCUT2D eigenvalue weighted by Gasteiger charge is 2.29. The van der Waals surface area contributed by atoms with Gasteiger partial charge < -0.3 is 18.9 Å². The van der Waals surface area contributed by atoms with Gasteiger partial charge in [0.25, 0.3) is 0 Å². The van der Waals surface area contributed by atoms with Gasteiger partial charge in [-0.2, -0.15) is 5.10 Å². The zero-order valence-electron chi connectivity index (χ0n) is 19.3. The Labute approximate surface area is 194 Å². The fourth-order valence-corrected chi connectivity index (χ4v) is 3.92. The molecule has 3 aromatic carbocycles. The summed E-state index contributed by atoms with van der Waals surface area (Å²) in [5, 5.41) is 7.01. The first-order chi connectivity index (χ1) is 16.2. The summed E-state index contributed by atoms with van der Waals surface area (Å²) < 4.78 is 21.7. The molecule has 0 bridgehead atoms. The summed E-state index contributed by atoms with van der Waals surface area (Å²) in [6.07, 6.45) is 4.85. The quantitative estimate of drug-likeness (QED) is 0.443. The molecule has 6 heteroatoms. The summed E-state index contributed by atoms with van der Waals surface area (Å²) in [4.78, 5) is 0. The van der Waals surface area contributed by atoms with Crippen molar-refractivity contribution in [3.63, 3.8) is 0 Å². The van der Waals surface area contributed by atoms with E-state index in [9.17, 15) is 0 Å². The molecule has 0 aliphatic carbocycles. The molecule has 1 aliphatic rings. The Morgan fingerprint density at radius 1 is 0.727 bits per heavy atom. The van der Waals surface area contributed by atoms with Gasteiger partial charge in [0, 0.05) is 6.42 Å². The second-order valence-electron chi connectivity index (χ2n) is 7.55. The molecule has 0 unspecified atom stereocenters. The molecular weight excluding hydrogens is 416 g/mol. The van der Waals surface area contributed by atoms with Crippen molar-refractivity contribution < 1.29 is 18.9 Å². The molecule has 0 saturated carbocycles. The smallest absolute Gasteiger partial charge is 0.161 e. The molecule has 1 heterocycles. The van der Waals surface area contributed by atoms with E-state index in [2.05, 4.69) is 29.3 Å². The highest BCUT2D eigenvalue weighted by atomic mass is 16.5. The fraction of sp³-hybridized carbons (Fsp3) is 0.222. The van der Waals surface area contributed by atoms with E-state index in [1.807, 2.05) is 54.6 Å². The largest absolute Gasteiger partial charge is 0.493 e. The van der Waals surface area contributed by atoms with Gasteiger partial charge in [0.2, 0.25) is 0 Å². The van der Waals surface area contributed by atoms with Crippen molar-refractivity contribution in [2.45, 2.75) is 12.5 Å². The summed E-state index contributed by atoms with van der Waals surface area (Å²) in [7, 11) is 6.56. The SMILES string of the molecule is COc1ccc(/C=C/C2=NN(c3ccccc3)[C@@H](c3ccc(OC)c(OC)c3)C2)cc1OC. The number of anilines is 1. The standard InChI is InChI=1S/C27H28N2O4/c1-30-24-14-11-19(16-26(24)32-3)10-13-21-18-23(29(28-21)22-8-6-5-7-9-22)20-12-15-25(31-2)27(17-20)33-4/h5-17,23H,18H2,1-4H3/b13-10+/t23-/m1/s1. The van der Waals surface area contributed by atoms with E-state index in [-0.39, 0.29) is 6.04 Å². The fourth-order valence-electron chi connectivity index (χ4n) is 3.92. The number of allylic oxidation sites excluding steroid dienone is 1. The van der Waals surface area contributed by atoms with E-state index in [0.29, 0.717) is 23.0 Å². The maximum atomic E-state index is 5.53. The number of hydrogen-bond acceptors (Lipinski definition) is 6. The van der Waals surface area contributed by atoms with Crippen LogP contribution in [-0.4, -0.2) is 34.2 Å². The Hall–Kier alpha value is -3.93. The number of methoxy groups -OCH3 is 4. The molecule has 0 aromatic heterocycles. The van der Waals surface area contributed by atoms with Gasteiger partial charge in [0.15, 0.2) is 23.0 Å². The van der Waals surface area contributed by atoms with E-state index in [1.54, 1.807) is 28.4 Å². The predicted octanol–water partition coefficient (Wildman–Crippen LogP) is 5.74. The molecule has 3 aromatic rings. The van der Waals surface area contributed by atoms with Crippen LogP contribution in [0, 0.1) is 0 Å². The Kier molecular flexibility index (Phi) is 6.83. The van der Waals surface area contributed by atoms with Gasteiger partial charge in [-0.05, 0) is 53.6 Å². The van der Waals surface area contributed by atoms with Gasteiger partial charge >= 0.3 is 0 Å². The van der Waals surface area contributed by atoms with Crippen LogP contribution in [0.25, 0.3) is 6.08 Å². The number of ether oxygens (including phenoxy) is 4. The van der Waals surface area contributed by atoms with Gasteiger partial charge in [-0.3, -0.25) is 5.01 Å². The molecule has 6 nitrogen and oxygen atoms in total. The van der Waals surface area contributed by atoms with Crippen LogP contribution in [0.2, 0.25) is 0 Å². The van der Waals surface area contributed by atoms with Crippen molar-refractivity contribution in [2.24, 2.45) is 5.10 Å². The molecule has 170 valence electrons. The third-order valence-corrected chi connectivity index (χ3v) is 5.62. The first-order valence-corrected chi connectivity index (χ1v) is 10.7. The van der Waals surface area contributed by atoms with Gasteiger partial charge in [-0.15, -0.1) is 0 Å². The topological polar surface area (TPSA) is 52.5 Å². The molecular formula is C27H28N2O4. The number of para-hydroxylation sites is 1. The lowest BCUT2D eigenvalue weighted by Crippen LogP contribution is -2.18. The number of nitrogens with zero attached hydrogens (tertiary/aromatic N) is 2.